The maximum Gasteiger partial charge on any atom is 0.248 e. The lowest BCUT2D eigenvalue weighted by atomic mass is 10.1. The van der Waals surface area contributed by atoms with E-state index in [1.165, 1.54) is 25.7 Å². The molecule has 0 saturated heterocycles. The summed E-state index contributed by atoms with van der Waals surface area (Å²) in [4.78, 5) is 11.0. The normalized spacial score (nSPS) is 16.5. The minimum atomic E-state index is -0.371. The van der Waals surface area contributed by atoms with Crippen LogP contribution in [0.3, 0.4) is 0 Å². The first-order valence-corrected chi connectivity index (χ1v) is 6.37. The van der Waals surface area contributed by atoms with Crippen molar-refractivity contribution in [1.82, 2.24) is 0 Å². The van der Waals surface area contributed by atoms with Crippen molar-refractivity contribution in [2.24, 2.45) is 11.7 Å². The molecule has 0 heterocycles. The van der Waals surface area contributed by atoms with Crippen LogP contribution in [0.2, 0.25) is 0 Å². The number of carbonyl (C=O) groups excluding carboxylic acids is 1. The molecule has 3 N–H and O–H groups in total. The highest BCUT2D eigenvalue weighted by Gasteiger charge is 2.30. The molecule has 3 heteroatoms. The predicted molar refractivity (Wildman–Crippen MR) is 70.0 cm³/mol. The monoisotopic (exact) mass is 232 g/mol. The molecule has 3 nitrogen and oxygen atoms in total. The molecule has 2 rings (SSSR count). The largest absolute Gasteiger partial charge is 0.382 e. The lowest BCUT2D eigenvalue weighted by Gasteiger charge is -2.18. The minimum Gasteiger partial charge on any atom is -0.382 e. The minimum absolute atomic E-state index is 0.371. The molecule has 1 atom stereocenters. The number of nitrogens with two attached hydrogens (primary N) is 1. The van der Waals surface area contributed by atoms with Gasteiger partial charge in [-0.1, -0.05) is 13.3 Å². The van der Waals surface area contributed by atoms with E-state index in [1.807, 2.05) is 12.1 Å². The second-order valence-electron chi connectivity index (χ2n) is 4.82. The standard InChI is InChI=1S/C14H20N2O/c1-2-3-13(10-4-5-10)16-12-8-6-11(7-9-12)14(15)17/h6-10,13,16H,2-5H2,1H3,(H2,15,17). The second kappa shape index (κ2) is 5.21. The highest BCUT2D eigenvalue weighted by atomic mass is 16.1. The molecule has 1 saturated carbocycles. The van der Waals surface area contributed by atoms with Crippen LogP contribution in [-0.2, 0) is 0 Å². The number of hydrogen-bond donors (Lipinski definition) is 2. The zero-order valence-corrected chi connectivity index (χ0v) is 10.3. The Morgan fingerprint density at radius 2 is 2.06 bits per heavy atom. The summed E-state index contributed by atoms with van der Waals surface area (Å²) in [7, 11) is 0. The Balaban J connectivity index is 1.99. The van der Waals surface area contributed by atoms with E-state index in [0.29, 0.717) is 11.6 Å². The fourth-order valence-electron chi connectivity index (χ4n) is 2.18. The quantitative estimate of drug-likeness (QED) is 0.792. The van der Waals surface area contributed by atoms with Crippen molar-refractivity contribution in [3.05, 3.63) is 29.8 Å². The van der Waals surface area contributed by atoms with Gasteiger partial charge in [0.25, 0.3) is 0 Å². The molecule has 17 heavy (non-hydrogen) atoms. The molecule has 1 aromatic rings. The number of hydrogen-bond acceptors (Lipinski definition) is 2. The van der Waals surface area contributed by atoms with Crippen molar-refractivity contribution >= 4 is 11.6 Å². The third-order valence-electron chi connectivity index (χ3n) is 3.31. The van der Waals surface area contributed by atoms with Gasteiger partial charge in [-0.25, -0.2) is 0 Å². The summed E-state index contributed by atoms with van der Waals surface area (Å²) < 4.78 is 0. The molecule has 1 aromatic carbocycles. The molecule has 0 spiro atoms. The van der Waals surface area contributed by atoms with Crippen LogP contribution in [0.5, 0.6) is 0 Å². The van der Waals surface area contributed by atoms with Gasteiger partial charge in [-0.2, -0.15) is 0 Å². The van der Waals surface area contributed by atoms with E-state index in [-0.39, 0.29) is 5.91 Å². The fraction of sp³-hybridized carbons (Fsp3) is 0.500. The third kappa shape index (κ3) is 3.22. The van der Waals surface area contributed by atoms with E-state index in [9.17, 15) is 4.79 Å². The van der Waals surface area contributed by atoms with Gasteiger partial charge < -0.3 is 11.1 Å². The van der Waals surface area contributed by atoms with Gasteiger partial charge >= 0.3 is 0 Å². The van der Waals surface area contributed by atoms with E-state index in [4.69, 9.17) is 5.73 Å². The average Bonchev–Trinajstić information content (AvgIpc) is 3.13. The van der Waals surface area contributed by atoms with E-state index in [2.05, 4.69) is 12.2 Å². The molecule has 1 unspecified atom stereocenters. The smallest absolute Gasteiger partial charge is 0.248 e. The average molecular weight is 232 g/mol. The molecule has 0 bridgehead atoms. The maximum atomic E-state index is 11.0. The van der Waals surface area contributed by atoms with Gasteiger partial charge in [0.05, 0.1) is 0 Å². The van der Waals surface area contributed by atoms with Crippen LogP contribution in [0.15, 0.2) is 24.3 Å². The Bertz CT molecular complexity index is 382. The summed E-state index contributed by atoms with van der Waals surface area (Å²) in [5, 5.41) is 3.56. The van der Waals surface area contributed by atoms with Gasteiger partial charge in [0, 0.05) is 17.3 Å². The number of anilines is 1. The highest BCUT2D eigenvalue weighted by molar-refractivity contribution is 5.93. The van der Waals surface area contributed by atoms with Gasteiger partial charge in [-0.05, 0) is 49.4 Å². The molecule has 0 aliphatic heterocycles. The Morgan fingerprint density at radius 3 is 2.53 bits per heavy atom. The SMILES string of the molecule is CCCC(Nc1ccc(C(N)=O)cc1)C1CC1. The molecular formula is C14H20N2O. The number of primary amides is 1. The van der Waals surface area contributed by atoms with E-state index in [0.717, 1.165) is 11.6 Å². The Labute approximate surface area is 102 Å². The topological polar surface area (TPSA) is 55.1 Å². The summed E-state index contributed by atoms with van der Waals surface area (Å²) in [6.07, 6.45) is 5.10. The molecule has 1 amide bonds. The van der Waals surface area contributed by atoms with Crippen molar-refractivity contribution in [1.29, 1.82) is 0 Å². The number of amides is 1. The first-order valence-electron chi connectivity index (χ1n) is 6.37. The van der Waals surface area contributed by atoms with Gasteiger partial charge in [0.2, 0.25) is 5.91 Å². The molecule has 1 aliphatic rings. The van der Waals surface area contributed by atoms with Crippen LogP contribution >= 0.6 is 0 Å². The number of benzene rings is 1. The Morgan fingerprint density at radius 1 is 1.41 bits per heavy atom. The second-order valence-corrected chi connectivity index (χ2v) is 4.82. The van der Waals surface area contributed by atoms with Gasteiger partial charge in [-0.15, -0.1) is 0 Å². The van der Waals surface area contributed by atoms with E-state index in [1.54, 1.807) is 12.1 Å². The zero-order valence-electron chi connectivity index (χ0n) is 10.3. The van der Waals surface area contributed by atoms with Crippen LogP contribution in [0, 0.1) is 5.92 Å². The van der Waals surface area contributed by atoms with Crippen molar-refractivity contribution in [2.75, 3.05) is 5.32 Å². The summed E-state index contributed by atoms with van der Waals surface area (Å²) in [6.45, 7) is 2.22. The summed E-state index contributed by atoms with van der Waals surface area (Å²) >= 11 is 0. The molecule has 1 aliphatic carbocycles. The van der Waals surface area contributed by atoms with Gasteiger partial charge in [-0.3, -0.25) is 4.79 Å². The van der Waals surface area contributed by atoms with Crippen LogP contribution in [-0.4, -0.2) is 11.9 Å². The Kier molecular flexibility index (Phi) is 3.67. The number of rotatable bonds is 6. The Hall–Kier alpha value is -1.51. The van der Waals surface area contributed by atoms with Gasteiger partial charge in [0.1, 0.15) is 0 Å². The lowest BCUT2D eigenvalue weighted by Crippen LogP contribution is -2.21. The van der Waals surface area contributed by atoms with Crippen molar-refractivity contribution in [3.63, 3.8) is 0 Å². The van der Waals surface area contributed by atoms with Crippen LogP contribution in [0.1, 0.15) is 43.0 Å². The molecule has 0 aromatic heterocycles. The molecule has 0 radical (unpaired) electrons. The fourth-order valence-corrected chi connectivity index (χ4v) is 2.18. The molecular weight excluding hydrogens is 212 g/mol. The summed E-state index contributed by atoms with van der Waals surface area (Å²) in [5.41, 5.74) is 6.86. The van der Waals surface area contributed by atoms with Crippen molar-refractivity contribution < 1.29 is 4.79 Å². The van der Waals surface area contributed by atoms with Gasteiger partial charge in [0.15, 0.2) is 0 Å². The van der Waals surface area contributed by atoms with E-state index >= 15 is 0 Å². The van der Waals surface area contributed by atoms with Crippen LogP contribution in [0.25, 0.3) is 0 Å². The highest BCUT2D eigenvalue weighted by Crippen LogP contribution is 2.36. The molecule has 92 valence electrons. The van der Waals surface area contributed by atoms with Crippen LogP contribution < -0.4 is 11.1 Å². The first kappa shape index (κ1) is 12.0. The van der Waals surface area contributed by atoms with Crippen LogP contribution in [0.4, 0.5) is 5.69 Å². The molecule has 1 fully saturated rings. The summed E-state index contributed by atoms with van der Waals surface area (Å²) in [5.74, 6) is 0.467. The zero-order chi connectivity index (χ0) is 12.3. The first-order chi connectivity index (χ1) is 8.20. The number of nitrogens with one attached hydrogen (secondary N) is 1. The van der Waals surface area contributed by atoms with Crippen molar-refractivity contribution in [3.8, 4) is 0 Å². The van der Waals surface area contributed by atoms with Crippen molar-refractivity contribution in [2.45, 2.75) is 38.6 Å². The predicted octanol–water partition coefficient (Wildman–Crippen LogP) is 2.78. The van der Waals surface area contributed by atoms with E-state index < -0.39 is 0 Å². The maximum absolute atomic E-state index is 11.0. The number of carbonyl (C=O) groups is 1. The third-order valence-corrected chi connectivity index (χ3v) is 3.31. The summed E-state index contributed by atoms with van der Waals surface area (Å²) in [6, 6.07) is 8.01. The lowest BCUT2D eigenvalue weighted by molar-refractivity contribution is 0.100.